The number of halogens is 1. The van der Waals surface area contributed by atoms with E-state index in [1.807, 2.05) is 0 Å². The molecule has 0 heterocycles. The zero-order chi connectivity index (χ0) is 12.6. The van der Waals surface area contributed by atoms with Gasteiger partial charge in [0.25, 0.3) is 5.78 Å². The molecular formula is C8H5ClO3. The first-order valence-corrected chi connectivity index (χ1v) is 3.20. The van der Waals surface area contributed by atoms with Crippen LogP contribution in [0.2, 0.25) is 5.02 Å². The molecule has 0 unspecified atom stereocenters. The minimum Gasteiger partial charge on any atom is -0.475 e. The van der Waals surface area contributed by atoms with E-state index in [4.69, 9.17) is 22.2 Å². The van der Waals surface area contributed by atoms with Crippen LogP contribution in [0.3, 0.4) is 0 Å². The van der Waals surface area contributed by atoms with E-state index in [9.17, 15) is 9.59 Å². The van der Waals surface area contributed by atoms with Gasteiger partial charge in [-0.25, -0.2) is 4.79 Å². The second-order valence-corrected chi connectivity index (χ2v) is 2.20. The normalized spacial score (nSPS) is 14.1. The Morgan fingerprint density at radius 2 is 2.17 bits per heavy atom. The Balaban J connectivity index is 3.64. The van der Waals surface area contributed by atoms with Gasteiger partial charge in [-0.2, -0.15) is 0 Å². The molecule has 0 amide bonds. The molecule has 0 saturated heterocycles. The maximum Gasteiger partial charge on any atom is 0.377 e. The van der Waals surface area contributed by atoms with E-state index in [1.54, 1.807) is 0 Å². The zero-order valence-corrected chi connectivity index (χ0v) is 6.40. The average molecular weight is 190 g/mol. The highest BCUT2D eigenvalue weighted by Crippen LogP contribution is 2.10. The highest BCUT2D eigenvalue weighted by molar-refractivity contribution is 6.40. The van der Waals surface area contributed by atoms with E-state index >= 15 is 0 Å². The number of aliphatic carboxylic acids is 1. The summed E-state index contributed by atoms with van der Waals surface area (Å²) in [5.74, 6) is -3.32. The van der Waals surface area contributed by atoms with Gasteiger partial charge in [0.15, 0.2) is 0 Å². The number of carboxylic acids is 1. The highest BCUT2D eigenvalue weighted by Gasteiger charge is 2.13. The minimum atomic E-state index is -1.84. The first-order valence-electron chi connectivity index (χ1n) is 4.82. The second kappa shape index (κ2) is 3.36. The summed E-state index contributed by atoms with van der Waals surface area (Å²) in [6, 6.07) is -2.73. The van der Waals surface area contributed by atoms with E-state index in [2.05, 4.69) is 0 Å². The molecule has 3 nitrogen and oxygen atoms in total. The van der Waals surface area contributed by atoms with Crippen molar-refractivity contribution in [3.05, 3.63) is 34.8 Å². The Morgan fingerprint density at radius 3 is 2.75 bits per heavy atom. The Labute approximate surface area is 79.2 Å². The van der Waals surface area contributed by atoms with Crippen LogP contribution in [0.25, 0.3) is 0 Å². The van der Waals surface area contributed by atoms with Crippen LogP contribution in [0.5, 0.6) is 0 Å². The maximum atomic E-state index is 11.2. The molecule has 1 aromatic rings. The summed E-state index contributed by atoms with van der Waals surface area (Å²) >= 11 is 5.49. The number of rotatable bonds is 2. The van der Waals surface area contributed by atoms with Crippen LogP contribution in [0.4, 0.5) is 0 Å². The number of ketones is 1. The van der Waals surface area contributed by atoms with Crippen LogP contribution in [0, 0.1) is 0 Å². The molecule has 62 valence electrons. The number of benzene rings is 1. The standard InChI is InChI=1S/C8H5ClO3/c9-6-3-1-2-5(4-6)7(10)8(11)12/h1-4H,(H,11,12)/i1D,2D,3D,4D,7+1. The molecule has 0 atom stereocenters. The van der Waals surface area contributed by atoms with Gasteiger partial charge in [-0.3, -0.25) is 4.79 Å². The van der Waals surface area contributed by atoms with Crippen LogP contribution in [-0.2, 0) is 4.79 Å². The van der Waals surface area contributed by atoms with Gasteiger partial charge in [0.05, 0.1) is 5.48 Å². The first kappa shape index (κ1) is 4.62. The fourth-order valence-corrected chi connectivity index (χ4v) is 0.683. The Kier molecular flexibility index (Phi) is 1.30. The fraction of sp³-hybridized carbons (Fsp3) is 0. The number of carbonyl (C=O) groups is 2. The monoisotopic (exact) mass is 189 g/mol. The van der Waals surface area contributed by atoms with Crippen molar-refractivity contribution < 1.29 is 20.2 Å². The smallest absolute Gasteiger partial charge is 0.377 e. The van der Waals surface area contributed by atoms with Crippen molar-refractivity contribution in [2.75, 3.05) is 0 Å². The number of hydrogen-bond acceptors (Lipinski definition) is 2. The molecule has 0 aromatic heterocycles. The molecule has 0 aliphatic heterocycles. The molecule has 4 heteroatoms. The predicted octanol–water partition coefficient (Wildman–Crippen LogP) is 1.61. The third kappa shape index (κ3) is 1.83. The largest absolute Gasteiger partial charge is 0.475 e. The number of carboxylic acid groups (broad SMARTS) is 1. The van der Waals surface area contributed by atoms with Crippen molar-refractivity contribution in [3.63, 3.8) is 0 Å². The lowest BCUT2D eigenvalue weighted by Crippen LogP contribution is -2.12. The van der Waals surface area contributed by atoms with Gasteiger partial charge in [0.1, 0.15) is 0 Å². The van der Waals surface area contributed by atoms with Crippen LogP contribution in [0.15, 0.2) is 24.2 Å². The molecule has 0 fully saturated rings. The summed E-state index contributed by atoms with van der Waals surface area (Å²) in [5.41, 5.74) is -0.765. The van der Waals surface area contributed by atoms with Crippen LogP contribution in [-0.4, -0.2) is 16.9 Å². The maximum absolute atomic E-state index is 11.2. The van der Waals surface area contributed by atoms with Gasteiger partial charge in [-0.1, -0.05) is 23.7 Å². The number of Topliss-reactive ketones (excluding diaryl/α,β-unsaturated/α-hetero) is 1. The van der Waals surface area contributed by atoms with Gasteiger partial charge in [0.2, 0.25) is 0 Å². The zero-order valence-electron chi connectivity index (χ0n) is 9.64. The molecule has 0 bridgehead atoms. The summed E-state index contributed by atoms with van der Waals surface area (Å²) in [6.45, 7) is 0. The van der Waals surface area contributed by atoms with Crippen molar-refractivity contribution in [3.8, 4) is 0 Å². The van der Waals surface area contributed by atoms with Gasteiger partial charge < -0.3 is 5.11 Å². The Hall–Kier alpha value is -1.35. The van der Waals surface area contributed by atoms with Crippen LogP contribution >= 0.6 is 11.6 Å². The van der Waals surface area contributed by atoms with E-state index < -0.39 is 46.5 Å². The van der Waals surface area contributed by atoms with E-state index in [0.717, 1.165) is 0 Å². The number of carbonyl (C=O) groups excluding carboxylic acids is 1. The molecule has 12 heavy (non-hydrogen) atoms. The molecule has 1 aromatic carbocycles. The topological polar surface area (TPSA) is 54.4 Å². The van der Waals surface area contributed by atoms with E-state index in [1.165, 1.54) is 0 Å². The first-order chi connectivity index (χ1) is 7.29. The molecule has 1 N–H and O–H groups in total. The predicted molar refractivity (Wildman–Crippen MR) is 43.4 cm³/mol. The van der Waals surface area contributed by atoms with Crippen molar-refractivity contribution in [1.29, 1.82) is 0 Å². The average Bonchev–Trinajstić information content (AvgIpc) is 2.23. The van der Waals surface area contributed by atoms with Gasteiger partial charge >= 0.3 is 5.97 Å². The quantitative estimate of drug-likeness (QED) is 0.437. The van der Waals surface area contributed by atoms with Crippen LogP contribution < -0.4 is 0 Å². The van der Waals surface area contributed by atoms with E-state index in [0.29, 0.717) is 0 Å². The summed E-state index contributed by atoms with van der Waals surface area (Å²) in [5, 5.41) is 7.96. The van der Waals surface area contributed by atoms with Crippen LogP contribution in [0.1, 0.15) is 15.8 Å². The van der Waals surface area contributed by atoms with E-state index in [-0.39, 0.29) is 0 Å². The minimum absolute atomic E-state index is 0.509. The fourth-order valence-electron chi connectivity index (χ4n) is 0.541. The summed E-state index contributed by atoms with van der Waals surface area (Å²) in [4.78, 5) is 21.6. The molecule has 1 rings (SSSR count). The molecular weight excluding hydrogens is 181 g/mol. The van der Waals surface area contributed by atoms with Gasteiger partial charge in [-0.05, 0) is 12.1 Å². The highest BCUT2D eigenvalue weighted by atomic mass is 35.5. The van der Waals surface area contributed by atoms with Crippen molar-refractivity contribution >= 4 is 23.4 Å². The van der Waals surface area contributed by atoms with Crippen molar-refractivity contribution in [2.45, 2.75) is 0 Å². The third-order valence-electron chi connectivity index (χ3n) is 1.02. The molecule has 0 aliphatic rings. The molecule has 0 aliphatic carbocycles. The lowest BCUT2D eigenvalue weighted by molar-refractivity contribution is -0.131. The Morgan fingerprint density at radius 1 is 1.50 bits per heavy atom. The lowest BCUT2D eigenvalue weighted by Gasteiger charge is -1.94. The Bertz CT molecular complexity index is 472. The number of hydrogen-bond donors (Lipinski definition) is 1. The SMILES string of the molecule is [2H]c1c([2H])c(Cl)c([2H])c([13C](=O)C(=O)O)c1[2H]. The van der Waals surface area contributed by atoms with Crippen molar-refractivity contribution in [1.82, 2.24) is 0 Å². The molecule has 0 spiro atoms. The van der Waals surface area contributed by atoms with Gasteiger partial charge in [0, 0.05) is 10.6 Å². The third-order valence-corrected chi connectivity index (χ3v) is 1.20. The summed E-state index contributed by atoms with van der Waals surface area (Å²) < 4.78 is 29.2. The van der Waals surface area contributed by atoms with Gasteiger partial charge in [-0.15, -0.1) is 0 Å². The molecule has 0 radical (unpaired) electrons. The lowest BCUT2D eigenvalue weighted by atomic mass is 10.3. The van der Waals surface area contributed by atoms with Crippen molar-refractivity contribution in [2.24, 2.45) is 0 Å². The summed E-state index contributed by atoms with van der Waals surface area (Å²) in [6.07, 6.45) is 0. The second-order valence-electron chi connectivity index (χ2n) is 1.82. The summed E-state index contributed by atoms with van der Waals surface area (Å²) in [7, 11) is 0. The molecule has 0 saturated carbocycles.